The molecule has 0 aliphatic carbocycles. The lowest BCUT2D eigenvalue weighted by atomic mass is 10.1. The summed E-state index contributed by atoms with van der Waals surface area (Å²) >= 11 is 5.81. The predicted octanol–water partition coefficient (Wildman–Crippen LogP) is 1.36. The molecule has 1 saturated heterocycles. The Morgan fingerprint density at radius 3 is 2.67 bits per heavy atom. The van der Waals surface area contributed by atoms with Crippen LogP contribution >= 0.6 is 11.6 Å². The molecule has 0 bridgehead atoms. The summed E-state index contributed by atoms with van der Waals surface area (Å²) in [6, 6.07) is 7.92. The summed E-state index contributed by atoms with van der Waals surface area (Å²) in [6.07, 6.45) is -0.0754. The Kier molecular flexibility index (Phi) is 3.59. The van der Waals surface area contributed by atoms with Gasteiger partial charge in [-0.2, -0.15) is 0 Å². The normalized spacial score (nSPS) is 26.5. The van der Waals surface area contributed by atoms with Crippen molar-refractivity contribution < 1.29 is 9.84 Å². The number of ether oxygens (including phenoxy) is 1. The highest BCUT2D eigenvalue weighted by Gasteiger charge is 2.21. The second kappa shape index (κ2) is 4.94. The summed E-state index contributed by atoms with van der Waals surface area (Å²) in [5.74, 6) is 0. The van der Waals surface area contributed by atoms with Crippen molar-refractivity contribution in [3.05, 3.63) is 34.9 Å². The van der Waals surface area contributed by atoms with Crippen LogP contribution in [0.4, 0.5) is 0 Å². The third-order valence-corrected chi connectivity index (χ3v) is 2.82. The van der Waals surface area contributed by atoms with Gasteiger partial charge in [0.15, 0.2) is 0 Å². The molecule has 1 aliphatic heterocycles. The lowest BCUT2D eigenvalue weighted by molar-refractivity contribution is -0.0259. The molecule has 0 saturated carbocycles. The van der Waals surface area contributed by atoms with Crippen molar-refractivity contribution in [2.45, 2.75) is 12.1 Å². The van der Waals surface area contributed by atoms with Crippen molar-refractivity contribution in [2.75, 3.05) is 19.8 Å². The van der Waals surface area contributed by atoms with Crippen molar-refractivity contribution in [1.29, 1.82) is 0 Å². The van der Waals surface area contributed by atoms with E-state index in [-0.39, 0.29) is 18.8 Å². The Morgan fingerprint density at radius 2 is 2.13 bits per heavy atom. The van der Waals surface area contributed by atoms with Crippen molar-refractivity contribution in [1.82, 2.24) is 5.32 Å². The van der Waals surface area contributed by atoms with E-state index in [4.69, 9.17) is 21.4 Å². The van der Waals surface area contributed by atoms with Gasteiger partial charge < -0.3 is 15.2 Å². The highest BCUT2D eigenvalue weighted by atomic mass is 35.5. The molecule has 1 fully saturated rings. The number of rotatable bonds is 2. The third-order valence-electron chi connectivity index (χ3n) is 2.57. The number of benzene rings is 1. The van der Waals surface area contributed by atoms with Crippen LogP contribution < -0.4 is 5.32 Å². The van der Waals surface area contributed by atoms with Crippen LogP contribution in [0.25, 0.3) is 0 Å². The number of nitrogens with one attached hydrogen (secondary N) is 1. The lowest BCUT2D eigenvalue weighted by Crippen LogP contribution is -2.42. The number of hydrogen-bond donors (Lipinski definition) is 2. The molecule has 2 rings (SSSR count). The minimum absolute atomic E-state index is 0.0698. The van der Waals surface area contributed by atoms with Gasteiger partial charge in [0.05, 0.1) is 25.4 Å². The average Bonchev–Trinajstić information content (AvgIpc) is 2.30. The van der Waals surface area contributed by atoms with Crippen LogP contribution in [0, 0.1) is 0 Å². The fourth-order valence-corrected chi connectivity index (χ4v) is 1.78. The summed E-state index contributed by atoms with van der Waals surface area (Å²) < 4.78 is 5.48. The molecule has 3 nitrogen and oxygen atoms in total. The first-order valence-electron chi connectivity index (χ1n) is 5.01. The Balaban J connectivity index is 1.98. The molecule has 0 spiro atoms. The number of hydrogen-bond acceptors (Lipinski definition) is 3. The molecule has 1 aromatic carbocycles. The molecule has 2 N–H and O–H groups in total. The van der Waals surface area contributed by atoms with E-state index in [0.717, 1.165) is 10.6 Å². The molecular formula is C11H14ClNO2. The Morgan fingerprint density at radius 1 is 1.40 bits per heavy atom. The minimum Gasteiger partial charge on any atom is -0.394 e. The van der Waals surface area contributed by atoms with E-state index >= 15 is 0 Å². The average molecular weight is 228 g/mol. The Bertz CT molecular complexity index is 307. The fraction of sp³-hybridized carbons (Fsp3) is 0.455. The van der Waals surface area contributed by atoms with Crippen molar-refractivity contribution in [3.63, 3.8) is 0 Å². The lowest BCUT2D eigenvalue weighted by Gasteiger charge is -2.29. The van der Waals surface area contributed by atoms with E-state index in [1.165, 1.54) is 0 Å². The van der Waals surface area contributed by atoms with Crippen LogP contribution in [-0.2, 0) is 4.74 Å². The van der Waals surface area contributed by atoms with Gasteiger partial charge in [-0.1, -0.05) is 23.7 Å². The molecule has 0 radical (unpaired) electrons. The van der Waals surface area contributed by atoms with Crippen LogP contribution in [0.5, 0.6) is 0 Å². The summed E-state index contributed by atoms with van der Waals surface area (Å²) in [5, 5.41) is 13.0. The van der Waals surface area contributed by atoms with Crippen molar-refractivity contribution in [2.24, 2.45) is 0 Å². The number of halogens is 1. The first-order valence-corrected chi connectivity index (χ1v) is 5.38. The second-order valence-electron chi connectivity index (χ2n) is 3.65. The standard InChI is InChI=1S/C11H14ClNO2/c12-9-3-1-8(2-4-9)11-7-15-10(6-14)5-13-11/h1-4,10-11,13-14H,5-7H2. The molecule has 1 heterocycles. The fourth-order valence-electron chi connectivity index (χ4n) is 1.65. The maximum atomic E-state index is 8.90. The first kappa shape index (κ1) is 10.9. The van der Waals surface area contributed by atoms with Gasteiger partial charge >= 0.3 is 0 Å². The molecular weight excluding hydrogens is 214 g/mol. The molecule has 1 aliphatic rings. The van der Waals surface area contributed by atoms with E-state index in [2.05, 4.69) is 5.32 Å². The zero-order valence-corrected chi connectivity index (χ0v) is 9.07. The van der Waals surface area contributed by atoms with Crippen LogP contribution in [0.1, 0.15) is 11.6 Å². The molecule has 2 atom stereocenters. The number of aliphatic hydroxyl groups excluding tert-OH is 1. The second-order valence-corrected chi connectivity index (χ2v) is 4.09. The number of morpholine rings is 1. The smallest absolute Gasteiger partial charge is 0.0930 e. The zero-order valence-electron chi connectivity index (χ0n) is 8.32. The molecule has 0 aromatic heterocycles. The molecule has 82 valence electrons. The first-order chi connectivity index (χ1) is 7.29. The van der Waals surface area contributed by atoms with E-state index in [1.807, 2.05) is 24.3 Å². The Labute approximate surface area is 94.0 Å². The Hall–Kier alpha value is -0.610. The van der Waals surface area contributed by atoms with Crippen LogP contribution in [0.15, 0.2) is 24.3 Å². The monoisotopic (exact) mass is 227 g/mol. The van der Waals surface area contributed by atoms with Gasteiger partial charge in [0, 0.05) is 11.6 Å². The maximum absolute atomic E-state index is 8.90. The molecule has 4 heteroatoms. The molecule has 0 amide bonds. The topological polar surface area (TPSA) is 41.5 Å². The van der Waals surface area contributed by atoms with Gasteiger partial charge in [0.2, 0.25) is 0 Å². The van der Waals surface area contributed by atoms with Gasteiger partial charge in [-0.25, -0.2) is 0 Å². The van der Waals surface area contributed by atoms with Gasteiger partial charge in [-0.3, -0.25) is 0 Å². The minimum atomic E-state index is -0.0754. The zero-order chi connectivity index (χ0) is 10.7. The quantitative estimate of drug-likeness (QED) is 0.802. The maximum Gasteiger partial charge on any atom is 0.0930 e. The SMILES string of the molecule is OCC1CNC(c2ccc(Cl)cc2)CO1. The van der Waals surface area contributed by atoms with Crippen molar-refractivity contribution >= 4 is 11.6 Å². The van der Waals surface area contributed by atoms with Crippen LogP contribution in [0.3, 0.4) is 0 Å². The summed E-state index contributed by atoms with van der Waals surface area (Å²) in [4.78, 5) is 0. The molecule has 15 heavy (non-hydrogen) atoms. The summed E-state index contributed by atoms with van der Waals surface area (Å²) in [7, 11) is 0. The van der Waals surface area contributed by atoms with Crippen molar-refractivity contribution in [3.8, 4) is 0 Å². The van der Waals surface area contributed by atoms with E-state index in [0.29, 0.717) is 13.2 Å². The molecule has 1 aromatic rings. The summed E-state index contributed by atoms with van der Waals surface area (Å²) in [6.45, 7) is 1.34. The highest BCUT2D eigenvalue weighted by molar-refractivity contribution is 6.30. The van der Waals surface area contributed by atoms with Gasteiger partial charge in [0.1, 0.15) is 0 Å². The predicted molar refractivity (Wildman–Crippen MR) is 59.0 cm³/mol. The van der Waals surface area contributed by atoms with Crippen LogP contribution in [-0.4, -0.2) is 31.0 Å². The summed E-state index contributed by atoms with van der Waals surface area (Å²) in [5.41, 5.74) is 1.16. The van der Waals surface area contributed by atoms with Crippen LogP contribution in [0.2, 0.25) is 5.02 Å². The largest absolute Gasteiger partial charge is 0.394 e. The van der Waals surface area contributed by atoms with Gasteiger partial charge in [-0.05, 0) is 17.7 Å². The van der Waals surface area contributed by atoms with Gasteiger partial charge in [0.25, 0.3) is 0 Å². The third kappa shape index (κ3) is 2.69. The van der Waals surface area contributed by atoms with E-state index in [9.17, 15) is 0 Å². The van der Waals surface area contributed by atoms with Gasteiger partial charge in [-0.15, -0.1) is 0 Å². The van der Waals surface area contributed by atoms with E-state index in [1.54, 1.807) is 0 Å². The molecule has 2 unspecified atom stereocenters. The van der Waals surface area contributed by atoms with E-state index < -0.39 is 0 Å². The highest BCUT2D eigenvalue weighted by Crippen LogP contribution is 2.19. The number of aliphatic hydroxyl groups is 1.